The SMILES string of the molecule is O=C([C@@H]1CCCCN1)N1CCCCO1. The topological polar surface area (TPSA) is 41.6 Å². The van der Waals surface area contributed by atoms with Crippen molar-refractivity contribution < 1.29 is 9.63 Å². The molecule has 14 heavy (non-hydrogen) atoms. The molecule has 4 nitrogen and oxygen atoms in total. The Labute approximate surface area is 84.6 Å². The van der Waals surface area contributed by atoms with Gasteiger partial charge in [0.1, 0.15) is 0 Å². The van der Waals surface area contributed by atoms with E-state index in [1.165, 1.54) is 6.42 Å². The Kier molecular flexibility index (Phi) is 3.37. The molecule has 2 aliphatic heterocycles. The maximum atomic E-state index is 11.9. The molecule has 80 valence electrons. The highest BCUT2D eigenvalue weighted by molar-refractivity contribution is 5.81. The van der Waals surface area contributed by atoms with Gasteiger partial charge >= 0.3 is 0 Å². The largest absolute Gasteiger partial charge is 0.306 e. The predicted molar refractivity (Wildman–Crippen MR) is 52.5 cm³/mol. The molecule has 2 fully saturated rings. The first-order valence-electron chi connectivity index (χ1n) is 5.55. The van der Waals surface area contributed by atoms with Crippen molar-refractivity contribution in [3.8, 4) is 0 Å². The van der Waals surface area contributed by atoms with Gasteiger partial charge in [-0.05, 0) is 32.2 Å². The third kappa shape index (κ3) is 2.25. The van der Waals surface area contributed by atoms with Gasteiger partial charge in [-0.3, -0.25) is 9.63 Å². The zero-order valence-electron chi connectivity index (χ0n) is 8.50. The zero-order valence-corrected chi connectivity index (χ0v) is 8.50. The van der Waals surface area contributed by atoms with E-state index in [1.54, 1.807) is 5.06 Å². The van der Waals surface area contributed by atoms with Crippen LogP contribution in [-0.4, -0.2) is 36.7 Å². The summed E-state index contributed by atoms with van der Waals surface area (Å²) in [6.07, 6.45) is 5.43. The quantitative estimate of drug-likeness (QED) is 0.673. The molecular weight excluding hydrogens is 180 g/mol. The lowest BCUT2D eigenvalue weighted by Gasteiger charge is -2.31. The number of carbonyl (C=O) groups excluding carboxylic acids is 1. The van der Waals surface area contributed by atoms with Crippen LogP contribution in [-0.2, 0) is 9.63 Å². The van der Waals surface area contributed by atoms with Gasteiger partial charge in [0.05, 0.1) is 12.6 Å². The summed E-state index contributed by atoms with van der Waals surface area (Å²) < 4.78 is 0. The van der Waals surface area contributed by atoms with Crippen LogP contribution in [0.25, 0.3) is 0 Å². The molecule has 0 saturated carbocycles. The summed E-state index contributed by atoms with van der Waals surface area (Å²) in [4.78, 5) is 17.2. The highest BCUT2D eigenvalue weighted by Crippen LogP contribution is 2.13. The number of hydrogen-bond donors (Lipinski definition) is 1. The molecule has 0 bridgehead atoms. The minimum atomic E-state index is 0.00171. The lowest BCUT2D eigenvalue weighted by Crippen LogP contribution is -2.49. The highest BCUT2D eigenvalue weighted by Gasteiger charge is 2.27. The number of rotatable bonds is 1. The van der Waals surface area contributed by atoms with Gasteiger partial charge in [0, 0.05) is 6.54 Å². The molecule has 2 aliphatic rings. The van der Waals surface area contributed by atoms with E-state index in [2.05, 4.69) is 5.32 Å². The normalized spacial score (nSPS) is 28.9. The molecule has 0 spiro atoms. The lowest BCUT2D eigenvalue weighted by atomic mass is 10.0. The average Bonchev–Trinajstić information content (AvgIpc) is 2.30. The molecule has 0 unspecified atom stereocenters. The third-order valence-electron chi connectivity index (χ3n) is 2.86. The Morgan fingerprint density at radius 3 is 2.86 bits per heavy atom. The minimum Gasteiger partial charge on any atom is -0.306 e. The second-order valence-electron chi connectivity index (χ2n) is 3.98. The van der Waals surface area contributed by atoms with Crippen LogP contribution < -0.4 is 5.32 Å². The van der Waals surface area contributed by atoms with Crippen LogP contribution in [0.15, 0.2) is 0 Å². The van der Waals surface area contributed by atoms with Crippen molar-refractivity contribution in [2.24, 2.45) is 0 Å². The van der Waals surface area contributed by atoms with E-state index in [0.29, 0.717) is 6.61 Å². The number of amides is 1. The first-order chi connectivity index (χ1) is 6.88. The summed E-state index contributed by atoms with van der Waals surface area (Å²) in [6.45, 7) is 2.42. The van der Waals surface area contributed by atoms with Gasteiger partial charge in [-0.25, -0.2) is 5.06 Å². The van der Waals surface area contributed by atoms with Gasteiger partial charge in [0.25, 0.3) is 5.91 Å². The van der Waals surface area contributed by atoms with Crippen LogP contribution in [0.4, 0.5) is 0 Å². The first-order valence-corrected chi connectivity index (χ1v) is 5.55. The minimum absolute atomic E-state index is 0.00171. The van der Waals surface area contributed by atoms with Gasteiger partial charge in [-0.2, -0.15) is 0 Å². The Balaban J connectivity index is 1.85. The Bertz CT molecular complexity index is 176. The first kappa shape index (κ1) is 9.93. The van der Waals surface area contributed by atoms with E-state index in [9.17, 15) is 4.79 Å². The summed E-state index contributed by atoms with van der Waals surface area (Å²) >= 11 is 0. The average molecular weight is 198 g/mol. The second-order valence-corrected chi connectivity index (χ2v) is 3.98. The molecule has 2 heterocycles. The monoisotopic (exact) mass is 198 g/mol. The number of nitrogens with one attached hydrogen (secondary N) is 1. The maximum absolute atomic E-state index is 11.9. The van der Waals surface area contributed by atoms with Crippen molar-refractivity contribution in [2.75, 3.05) is 19.7 Å². The predicted octanol–water partition coefficient (Wildman–Crippen LogP) is 0.682. The van der Waals surface area contributed by atoms with Gasteiger partial charge in [-0.15, -0.1) is 0 Å². The molecule has 0 aliphatic carbocycles. The zero-order chi connectivity index (χ0) is 9.80. The fraction of sp³-hybridized carbons (Fsp3) is 0.900. The van der Waals surface area contributed by atoms with E-state index in [1.807, 2.05) is 0 Å². The van der Waals surface area contributed by atoms with Crippen LogP contribution in [0.5, 0.6) is 0 Å². The van der Waals surface area contributed by atoms with E-state index in [4.69, 9.17) is 4.84 Å². The van der Waals surface area contributed by atoms with E-state index >= 15 is 0 Å². The van der Waals surface area contributed by atoms with Crippen molar-refractivity contribution in [1.82, 2.24) is 10.4 Å². The molecule has 2 rings (SSSR count). The van der Waals surface area contributed by atoms with Crippen LogP contribution >= 0.6 is 0 Å². The summed E-state index contributed by atoms with van der Waals surface area (Å²) in [5.41, 5.74) is 0. The molecule has 0 aromatic heterocycles. The lowest BCUT2D eigenvalue weighted by molar-refractivity contribution is -0.199. The van der Waals surface area contributed by atoms with E-state index in [-0.39, 0.29) is 11.9 Å². The molecule has 4 heteroatoms. The summed E-state index contributed by atoms with van der Waals surface area (Å²) in [5.74, 6) is 0.129. The van der Waals surface area contributed by atoms with Crippen LogP contribution in [0.3, 0.4) is 0 Å². The number of hydroxylamine groups is 2. The molecule has 1 atom stereocenters. The molecular formula is C10H18N2O2. The molecule has 2 saturated heterocycles. The summed E-state index contributed by atoms with van der Waals surface area (Å²) in [5, 5.41) is 4.79. The fourth-order valence-electron chi connectivity index (χ4n) is 2.01. The summed E-state index contributed by atoms with van der Waals surface area (Å²) in [7, 11) is 0. The van der Waals surface area contributed by atoms with Crippen molar-refractivity contribution in [1.29, 1.82) is 0 Å². The highest BCUT2D eigenvalue weighted by atomic mass is 16.7. The summed E-state index contributed by atoms with van der Waals surface area (Å²) in [6, 6.07) is 0.00171. The molecule has 1 N–H and O–H groups in total. The van der Waals surface area contributed by atoms with E-state index < -0.39 is 0 Å². The Hall–Kier alpha value is -0.610. The van der Waals surface area contributed by atoms with Crippen molar-refractivity contribution in [3.63, 3.8) is 0 Å². The van der Waals surface area contributed by atoms with E-state index in [0.717, 1.165) is 38.8 Å². The van der Waals surface area contributed by atoms with Crippen LogP contribution in [0, 0.1) is 0 Å². The van der Waals surface area contributed by atoms with Crippen LogP contribution in [0.2, 0.25) is 0 Å². The van der Waals surface area contributed by atoms with Crippen molar-refractivity contribution in [2.45, 2.75) is 38.1 Å². The number of nitrogens with zero attached hydrogens (tertiary/aromatic N) is 1. The molecule has 0 radical (unpaired) electrons. The number of hydrogen-bond acceptors (Lipinski definition) is 3. The Morgan fingerprint density at radius 1 is 1.29 bits per heavy atom. The Morgan fingerprint density at radius 2 is 2.21 bits per heavy atom. The number of piperidine rings is 1. The fourth-order valence-corrected chi connectivity index (χ4v) is 2.01. The molecule has 0 aromatic rings. The third-order valence-corrected chi connectivity index (χ3v) is 2.86. The maximum Gasteiger partial charge on any atom is 0.263 e. The molecule has 1 amide bonds. The van der Waals surface area contributed by atoms with Gasteiger partial charge in [-0.1, -0.05) is 6.42 Å². The second kappa shape index (κ2) is 4.75. The molecule has 0 aromatic carbocycles. The smallest absolute Gasteiger partial charge is 0.263 e. The standard InChI is InChI=1S/C10H18N2O2/c13-10(9-5-1-2-6-11-9)12-7-3-4-8-14-12/h9,11H,1-8H2/t9-/m0/s1. The van der Waals surface area contributed by atoms with Gasteiger partial charge in [0.2, 0.25) is 0 Å². The number of carbonyl (C=O) groups is 1. The van der Waals surface area contributed by atoms with Gasteiger partial charge in [0.15, 0.2) is 0 Å². The van der Waals surface area contributed by atoms with Crippen molar-refractivity contribution >= 4 is 5.91 Å². The van der Waals surface area contributed by atoms with Crippen molar-refractivity contribution in [3.05, 3.63) is 0 Å². The van der Waals surface area contributed by atoms with Crippen LogP contribution in [0.1, 0.15) is 32.1 Å². The van der Waals surface area contributed by atoms with Gasteiger partial charge < -0.3 is 5.32 Å².